The highest BCUT2D eigenvalue weighted by Gasteiger charge is 2.13. The largest absolute Gasteiger partial charge is 0.300 e. The van der Waals surface area contributed by atoms with Gasteiger partial charge in [0, 0.05) is 23.6 Å². The molecule has 2 heterocycles. The molecule has 25 heavy (non-hydrogen) atoms. The normalized spacial score (nSPS) is 11.9. The van der Waals surface area contributed by atoms with Crippen LogP contribution in [-0.2, 0) is 10.0 Å². The number of H-pyrrole nitrogens is 1. The number of hydrogen-bond donors (Lipinski definition) is 2. The fourth-order valence-corrected chi connectivity index (χ4v) is 3.33. The predicted molar refractivity (Wildman–Crippen MR) is 92.7 cm³/mol. The molecule has 0 aliphatic carbocycles. The molecular weight excluding hydrogens is 340 g/mol. The summed E-state index contributed by atoms with van der Waals surface area (Å²) in [6, 6.07) is 12.3. The Balaban J connectivity index is 1.76. The van der Waals surface area contributed by atoms with E-state index in [0.29, 0.717) is 5.82 Å². The van der Waals surface area contributed by atoms with Gasteiger partial charge in [0.2, 0.25) is 10.0 Å². The molecule has 2 N–H and O–H groups in total. The van der Waals surface area contributed by atoms with Crippen molar-refractivity contribution in [3.8, 4) is 17.1 Å². The number of aromatic nitrogens is 5. The predicted octanol–water partition coefficient (Wildman–Crippen LogP) is 1.72. The highest BCUT2D eigenvalue weighted by Crippen LogP contribution is 2.24. The first kappa shape index (κ1) is 15.5. The first-order valence-electron chi connectivity index (χ1n) is 7.47. The van der Waals surface area contributed by atoms with E-state index in [1.54, 1.807) is 30.5 Å². The number of fused-ring (bicyclic) bond motifs is 1. The Hall–Kier alpha value is -3.04. The van der Waals surface area contributed by atoms with Gasteiger partial charge in [0.15, 0.2) is 0 Å². The van der Waals surface area contributed by atoms with Gasteiger partial charge >= 0.3 is 0 Å². The van der Waals surface area contributed by atoms with Gasteiger partial charge in [0.25, 0.3) is 0 Å². The average molecular weight is 354 g/mol. The molecular formula is C16H14N6O2S. The zero-order chi connectivity index (χ0) is 17.4. The first-order valence-corrected chi connectivity index (χ1v) is 8.95. The lowest BCUT2D eigenvalue weighted by molar-refractivity contribution is 0.588. The molecule has 126 valence electrons. The number of benzene rings is 2. The first-order chi connectivity index (χ1) is 12.1. The SMILES string of the molecule is CNS(=O)(=O)c1ccc(-c2nccn2-c2ccc3n[nH]nc3c2)cc1. The van der Waals surface area contributed by atoms with Crippen molar-refractivity contribution in [2.45, 2.75) is 4.90 Å². The minimum Gasteiger partial charge on any atom is -0.300 e. The monoisotopic (exact) mass is 354 g/mol. The van der Waals surface area contributed by atoms with Crippen molar-refractivity contribution in [3.63, 3.8) is 0 Å². The quantitative estimate of drug-likeness (QED) is 0.580. The summed E-state index contributed by atoms with van der Waals surface area (Å²) < 4.78 is 27.9. The third-order valence-electron chi connectivity index (χ3n) is 3.91. The highest BCUT2D eigenvalue weighted by molar-refractivity contribution is 7.89. The highest BCUT2D eigenvalue weighted by atomic mass is 32.2. The zero-order valence-electron chi connectivity index (χ0n) is 13.2. The third-order valence-corrected chi connectivity index (χ3v) is 5.34. The van der Waals surface area contributed by atoms with Gasteiger partial charge in [-0.05, 0) is 49.5 Å². The maximum atomic E-state index is 11.8. The molecule has 0 aliphatic heterocycles. The third kappa shape index (κ3) is 2.69. The number of rotatable bonds is 4. The van der Waals surface area contributed by atoms with Gasteiger partial charge in [-0.2, -0.15) is 15.4 Å². The lowest BCUT2D eigenvalue weighted by atomic mass is 10.2. The number of imidazole rings is 1. The standard InChI is InChI=1S/C16H14N6O2S/c1-17-25(23,24)13-5-2-11(3-6-13)16-18-8-9-22(16)12-4-7-14-15(10-12)20-21-19-14/h2-10,17H,1H3,(H,19,20,21). The van der Waals surface area contributed by atoms with E-state index in [1.165, 1.54) is 7.05 Å². The zero-order valence-corrected chi connectivity index (χ0v) is 14.0. The van der Waals surface area contributed by atoms with E-state index in [2.05, 4.69) is 25.1 Å². The second-order valence-corrected chi connectivity index (χ2v) is 7.24. The van der Waals surface area contributed by atoms with Crippen LogP contribution in [0.1, 0.15) is 0 Å². The Kier molecular flexibility index (Phi) is 3.59. The van der Waals surface area contributed by atoms with Crippen LogP contribution in [0, 0.1) is 0 Å². The molecule has 4 rings (SSSR count). The smallest absolute Gasteiger partial charge is 0.240 e. The van der Waals surface area contributed by atoms with Crippen LogP contribution in [0.4, 0.5) is 0 Å². The van der Waals surface area contributed by atoms with E-state index >= 15 is 0 Å². The summed E-state index contributed by atoms with van der Waals surface area (Å²) in [6.07, 6.45) is 3.54. The van der Waals surface area contributed by atoms with Crippen molar-refractivity contribution in [1.29, 1.82) is 0 Å². The van der Waals surface area contributed by atoms with Crippen molar-refractivity contribution in [2.75, 3.05) is 7.05 Å². The van der Waals surface area contributed by atoms with E-state index in [0.717, 1.165) is 22.3 Å². The second kappa shape index (κ2) is 5.80. The van der Waals surface area contributed by atoms with Crippen LogP contribution in [0.3, 0.4) is 0 Å². The van der Waals surface area contributed by atoms with Gasteiger partial charge in [0.1, 0.15) is 16.9 Å². The van der Waals surface area contributed by atoms with Crippen LogP contribution in [0.5, 0.6) is 0 Å². The fraction of sp³-hybridized carbons (Fsp3) is 0.0625. The van der Waals surface area contributed by atoms with Gasteiger partial charge in [-0.3, -0.25) is 4.57 Å². The summed E-state index contributed by atoms with van der Waals surface area (Å²) in [5.41, 5.74) is 3.24. The molecule has 0 aliphatic rings. The van der Waals surface area contributed by atoms with Crippen molar-refractivity contribution in [1.82, 2.24) is 29.7 Å². The van der Waals surface area contributed by atoms with Crippen molar-refractivity contribution >= 4 is 21.1 Å². The molecule has 0 amide bonds. The molecule has 0 atom stereocenters. The Morgan fingerprint density at radius 1 is 1.04 bits per heavy atom. The lowest BCUT2D eigenvalue weighted by Gasteiger charge is -2.09. The maximum absolute atomic E-state index is 11.8. The minimum atomic E-state index is -3.46. The summed E-state index contributed by atoms with van der Waals surface area (Å²) in [5.74, 6) is 0.705. The van der Waals surface area contributed by atoms with E-state index in [-0.39, 0.29) is 4.90 Å². The minimum absolute atomic E-state index is 0.209. The van der Waals surface area contributed by atoms with Gasteiger partial charge in [-0.25, -0.2) is 18.1 Å². The number of hydrogen-bond acceptors (Lipinski definition) is 5. The molecule has 0 fully saturated rings. The van der Waals surface area contributed by atoms with Crippen molar-refractivity contribution < 1.29 is 8.42 Å². The van der Waals surface area contributed by atoms with E-state index < -0.39 is 10.0 Å². The Morgan fingerprint density at radius 3 is 2.56 bits per heavy atom. The van der Waals surface area contributed by atoms with E-state index in [9.17, 15) is 8.42 Å². The molecule has 0 saturated carbocycles. The lowest BCUT2D eigenvalue weighted by Crippen LogP contribution is -2.18. The van der Waals surface area contributed by atoms with Crippen molar-refractivity contribution in [3.05, 3.63) is 54.9 Å². The van der Waals surface area contributed by atoms with Gasteiger partial charge < -0.3 is 0 Å². The molecule has 0 bridgehead atoms. The fourth-order valence-electron chi connectivity index (χ4n) is 2.60. The molecule has 9 heteroatoms. The molecule has 0 spiro atoms. The number of aromatic amines is 1. The Labute approximate surface area is 143 Å². The number of nitrogens with zero attached hydrogens (tertiary/aromatic N) is 4. The summed E-state index contributed by atoms with van der Waals surface area (Å²) in [7, 11) is -2.07. The van der Waals surface area contributed by atoms with Crippen LogP contribution in [0.15, 0.2) is 59.8 Å². The summed E-state index contributed by atoms with van der Waals surface area (Å²) in [5, 5.41) is 10.7. The van der Waals surface area contributed by atoms with E-state index in [4.69, 9.17) is 0 Å². The average Bonchev–Trinajstić information content (AvgIpc) is 3.30. The number of sulfonamides is 1. The summed E-state index contributed by atoms with van der Waals surface area (Å²) in [4.78, 5) is 4.61. The molecule has 4 aromatic rings. The summed E-state index contributed by atoms with van der Waals surface area (Å²) in [6.45, 7) is 0. The van der Waals surface area contributed by atoms with E-state index in [1.807, 2.05) is 29.0 Å². The number of nitrogens with one attached hydrogen (secondary N) is 2. The van der Waals surface area contributed by atoms with Crippen LogP contribution in [0.2, 0.25) is 0 Å². The van der Waals surface area contributed by atoms with Gasteiger partial charge in [0.05, 0.1) is 4.90 Å². The molecule has 0 unspecified atom stereocenters. The van der Waals surface area contributed by atoms with Gasteiger partial charge in [-0.1, -0.05) is 0 Å². The van der Waals surface area contributed by atoms with Crippen LogP contribution < -0.4 is 4.72 Å². The molecule has 0 radical (unpaired) electrons. The second-order valence-electron chi connectivity index (χ2n) is 5.35. The van der Waals surface area contributed by atoms with Crippen molar-refractivity contribution in [2.24, 2.45) is 0 Å². The maximum Gasteiger partial charge on any atom is 0.240 e. The Bertz CT molecular complexity index is 1140. The van der Waals surface area contributed by atoms with Crippen LogP contribution in [-0.4, -0.2) is 40.4 Å². The summed E-state index contributed by atoms with van der Waals surface area (Å²) >= 11 is 0. The molecule has 0 saturated heterocycles. The molecule has 2 aromatic heterocycles. The van der Waals surface area contributed by atoms with Gasteiger partial charge in [-0.15, -0.1) is 0 Å². The molecule has 8 nitrogen and oxygen atoms in total. The van der Waals surface area contributed by atoms with Crippen LogP contribution in [0.25, 0.3) is 28.1 Å². The van der Waals surface area contributed by atoms with Crippen LogP contribution >= 0.6 is 0 Å². The molecule has 2 aromatic carbocycles. The topological polar surface area (TPSA) is 106 Å². The Morgan fingerprint density at radius 2 is 1.80 bits per heavy atom.